The summed E-state index contributed by atoms with van der Waals surface area (Å²) in [5.74, 6) is -5.41. The first-order chi connectivity index (χ1) is 16.7. The van der Waals surface area contributed by atoms with E-state index in [1.165, 1.54) is 0 Å². The molecule has 9 heteroatoms. The maximum absolute atomic E-state index is 13.7. The number of carbonyl (C=O) groups is 3. The van der Waals surface area contributed by atoms with E-state index in [4.69, 9.17) is 4.74 Å². The quantitative estimate of drug-likeness (QED) is 0.577. The molecule has 7 nitrogen and oxygen atoms in total. The number of ether oxygens (including phenoxy) is 1. The Morgan fingerprint density at radius 3 is 2.29 bits per heavy atom. The number of amides is 2. The van der Waals surface area contributed by atoms with Crippen molar-refractivity contribution in [3.63, 3.8) is 0 Å². The summed E-state index contributed by atoms with van der Waals surface area (Å²) in [6.07, 6.45) is -0.975. The Bertz CT molecular complexity index is 1080. The number of hydrogen-bond donors (Lipinski definition) is 2. The zero-order valence-corrected chi connectivity index (χ0v) is 19.4. The van der Waals surface area contributed by atoms with Gasteiger partial charge in [0.1, 0.15) is 12.6 Å². The molecule has 2 unspecified atom stereocenters. The number of carboxylic acids is 1. The summed E-state index contributed by atoms with van der Waals surface area (Å²) < 4.78 is 32.9. The molecule has 4 rings (SSSR count). The molecule has 0 saturated carbocycles. The second-order valence-electron chi connectivity index (χ2n) is 9.05. The van der Waals surface area contributed by atoms with E-state index in [0.29, 0.717) is 6.42 Å². The Labute approximate surface area is 202 Å². The maximum Gasteiger partial charge on any atom is 0.407 e. The van der Waals surface area contributed by atoms with E-state index in [-0.39, 0.29) is 25.4 Å². The second-order valence-corrected chi connectivity index (χ2v) is 9.05. The van der Waals surface area contributed by atoms with Crippen molar-refractivity contribution in [2.24, 2.45) is 0 Å². The Morgan fingerprint density at radius 2 is 1.71 bits per heavy atom. The van der Waals surface area contributed by atoms with Crippen molar-refractivity contribution in [2.45, 2.75) is 56.5 Å². The van der Waals surface area contributed by atoms with Crippen molar-refractivity contribution in [3.8, 4) is 11.1 Å². The van der Waals surface area contributed by atoms with Crippen LogP contribution in [0.4, 0.5) is 13.6 Å². The summed E-state index contributed by atoms with van der Waals surface area (Å²) in [6.45, 7) is 1.07. The van der Waals surface area contributed by atoms with E-state index in [1.807, 2.05) is 55.5 Å². The number of fused-ring (bicyclic) bond motifs is 3. The number of halogens is 2. The Balaban J connectivity index is 1.31. The van der Waals surface area contributed by atoms with Crippen molar-refractivity contribution < 1.29 is 33.0 Å². The van der Waals surface area contributed by atoms with Crippen molar-refractivity contribution in [1.29, 1.82) is 0 Å². The molecule has 1 saturated heterocycles. The van der Waals surface area contributed by atoms with Gasteiger partial charge in [0.05, 0.1) is 6.54 Å². The molecule has 2 atom stereocenters. The first-order valence-corrected chi connectivity index (χ1v) is 11.7. The molecule has 2 amide bonds. The number of likely N-dealkylation sites (tertiary alicyclic amines) is 1. The van der Waals surface area contributed by atoms with Gasteiger partial charge in [-0.1, -0.05) is 55.5 Å². The van der Waals surface area contributed by atoms with E-state index < -0.39 is 48.9 Å². The third-order valence-corrected chi connectivity index (χ3v) is 6.74. The fraction of sp³-hybridized carbons (Fsp3) is 0.423. The van der Waals surface area contributed by atoms with E-state index in [0.717, 1.165) is 27.2 Å². The van der Waals surface area contributed by atoms with Gasteiger partial charge >= 0.3 is 12.1 Å². The fourth-order valence-electron chi connectivity index (χ4n) is 4.93. The molecular formula is C26H28F2N2O5. The van der Waals surface area contributed by atoms with Gasteiger partial charge in [0, 0.05) is 24.8 Å². The van der Waals surface area contributed by atoms with Crippen LogP contribution in [0.15, 0.2) is 48.5 Å². The summed E-state index contributed by atoms with van der Waals surface area (Å²) in [5.41, 5.74) is 4.42. The number of carbonyl (C=O) groups excluding carboxylic acids is 2. The lowest BCUT2D eigenvalue weighted by molar-refractivity contribution is -0.148. The lowest BCUT2D eigenvalue weighted by Gasteiger charge is -2.23. The van der Waals surface area contributed by atoms with Crippen molar-refractivity contribution in [3.05, 3.63) is 59.7 Å². The van der Waals surface area contributed by atoms with Gasteiger partial charge in [-0.15, -0.1) is 0 Å². The SMILES string of the molecule is CCC(CCC(=O)N1CC(F)(F)CC1C(=O)O)NC(=O)OCC1c2ccccc2-c2ccccc21. The number of rotatable bonds is 8. The predicted octanol–water partition coefficient (Wildman–Crippen LogP) is 4.40. The van der Waals surface area contributed by atoms with Crippen LogP contribution in [-0.2, 0) is 14.3 Å². The van der Waals surface area contributed by atoms with E-state index in [1.54, 1.807) is 0 Å². The topological polar surface area (TPSA) is 95.9 Å². The molecule has 1 aliphatic heterocycles. The van der Waals surface area contributed by atoms with Crippen molar-refractivity contribution in [2.75, 3.05) is 13.2 Å². The van der Waals surface area contributed by atoms with Gasteiger partial charge in [0.25, 0.3) is 5.92 Å². The van der Waals surface area contributed by atoms with E-state index in [2.05, 4.69) is 5.32 Å². The molecule has 186 valence electrons. The van der Waals surface area contributed by atoms with Gasteiger partial charge in [-0.25, -0.2) is 18.4 Å². The lowest BCUT2D eigenvalue weighted by Crippen LogP contribution is -2.42. The summed E-state index contributed by atoms with van der Waals surface area (Å²) >= 11 is 0. The molecule has 2 aromatic rings. The van der Waals surface area contributed by atoms with Crippen molar-refractivity contribution >= 4 is 18.0 Å². The maximum atomic E-state index is 13.7. The number of carboxylic acid groups (broad SMARTS) is 1. The lowest BCUT2D eigenvalue weighted by atomic mass is 9.98. The molecular weight excluding hydrogens is 458 g/mol. The molecule has 1 aliphatic carbocycles. The highest BCUT2D eigenvalue weighted by atomic mass is 19.3. The molecule has 2 aromatic carbocycles. The molecule has 0 aromatic heterocycles. The summed E-state index contributed by atoms with van der Waals surface area (Å²) in [4.78, 5) is 37.0. The highest BCUT2D eigenvalue weighted by molar-refractivity contribution is 5.84. The van der Waals surface area contributed by atoms with E-state index >= 15 is 0 Å². The predicted molar refractivity (Wildman–Crippen MR) is 124 cm³/mol. The normalized spacial score (nSPS) is 19.1. The number of alkyl halides is 2. The van der Waals surface area contributed by atoms with Crippen LogP contribution in [0.2, 0.25) is 0 Å². The smallest absolute Gasteiger partial charge is 0.407 e. The summed E-state index contributed by atoms with van der Waals surface area (Å²) in [7, 11) is 0. The van der Waals surface area contributed by atoms with Crippen LogP contribution in [0.3, 0.4) is 0 Å². The zero-order chi connectivity index (χ0) is 25.2. The Hall–Kier alpha value is -3.49. The first-order valence-electron chi connectivity index (χ1n) is 11.7. The minimum Gasteiger partial charge on any atom is -0.480 e. The average Bonchev–Trinajstić information content (AvgIpc) is 3.34. The van der Waals surface area contributed by atoms with Crippen LogP contribution in [0.5, 0.6) is 0 Å². The number of nitrogens with zero attached hydrogens (tertiary/aromatic N) is 1. The van der Waals surface area contributed by atoms with Crippen LogP contribution in [0.25, 0.3) is 11.1 Å². The highest BCUT2D eigenvalue weighted by Gasteiger charge is 2.49. The monoisotopic (exact) mass is 486 g/mol. The molecule has 2 N–H and O–H groups in total. The average molecular weight is 487 g/mol. The van der Waals surface area contributed by atoms with Gasteiger partial charge < -0.3 is 20.1 Å². The molecule has 0 radical (unpaired) electrons. The minimum absolute atomic E-state index is 0.0837. The van der Waals surface area contributed by atoms with Gasteiger partial charge in [-0.3, -0.25) is 4.79 Å². The number of hydrogen-bond acceptors (Lipinski definition) is 4. The Kier molecular flexibility index (Phi) is 7.05. The fourth-order valence-corrected chi connectivity index (χ4v) is 4.93. The third kappa shape index (κ3) is 5.28. The third-order valence-electron chi connectivity index (χ3n) is 6.74. The number of benzene rings is 2. The highest BCUT2D eigenvalue weighted by Crippen LogP contribution is 2.44. The number of aliphatic carboxylic acids is 1. The minimum atomic E-state index is -3.22. The standard InChI is InChI=1S/C26H28F2N2O5/c1-2-16(11-12-23(31)30-15-26(27,28)13-22(30)24(32)33)29-25(34)35-14-21-19-9-5-3-7-17(19)18-8-4-6-10-20(18)21/h3-10,16,21-22H,2,11-15H2,1H3,(H,29,34)(H,32,33). The zero-order valence-electron chi connectivity index (χ0n) is 19.4. The molecule has 0 spiro atoms. The summed E-state index contributed by atoms with van der Waals surface area (Å²) in [5, 5.41) is 11.9. The molecule has 1 heterocycles. The van der Waals surface area contributed by atoms with Gasteiger partial charge in [-0.2, -0.15) is 0 Å². The van der Waals surface area contributed by atoms with E-state index in [9.17, 15) is 28.3 Å². The van der Waals surface area contributed by atoms with Crippen LogP contribution >= 0.6 is 0 Å². The van der Waals surface area contributed by atoms with Crippen LogP contribution in [0.1, 0.15) is 49.7 Å². The number of nitrogens with one attached hydrogen (secondary N) is 1. The molecule has 0 bridgehead atoms. The Morgan fingerprint density at radius 1 is 1.11 bits per heavy atom. The van der Waals surface area contributed by atoms with Crippen LogP contribution < -0.4 is 5.32 Å². The molecule has 35 heavy (non-hydrogen) atoms. The summed E-state index contributed by atoms with van der Waals surface area (Å²) in [6, 6.07) is 14.0. The second kappa shape index (κ2) is 10.0. The molecule has 2 aliphatic rings. The first kappa shape index (κ1) is 24.6. The van der Waals surface area contributed by atoms with Crippen LogP contribution in [-0.4, -0.2) is 59.1 Å². The van der Waals surface area contributed by atoms with Gasteiger partial charge in [-0.05, 0) is 35.1 Å². The largest absolute Gasteiger partial charge is 0.480 e. The van der Waals surface area contributed by atoms with Gasteiger partial charge in [0.15, 0.2) is 0 Å². The van der Waals surface area contributed by atoms with Crippen molar-refractivity contribution in [1.82, 2.24) is 10.2 Å². The number of alkyl carbamates (subject to hydrolysis) is 1. The van der Waals surface area contributed by atoms with Gasteiger partial charge in [0.2, 0.25) is 5.91 Å². The van der Waals surface area contributed by atoms with Crippen LogP contribution in [0, 0.1) is 0 Å². The molecule has 1 fully saturated rings.